The van der Waals surface area contributed by atoms with Gasteiger partial charge in [-0.25, -0.2) is 9.48 Å². The van der Waals surface area contributed by atoms with E-state index in [1.807, 2.05) is 24.3 Å². The number of fused-ring (bicyclic) bond motifs is 2. The summed E-state index contributed by atoms with van der Waals surface area (Å²) >= 11 is 0. The van der Waals surface area contributed by atoms with Crippen LogP contribution in [0.4, 0.5) is 16.2 Å². The average Bonchev–Trinajstić information content (AvgIpc) is 3.07. The highest BCUT2D eigenvalue weighted by atomic mass is 16.5. The van der Waals surface area contributed by atoms with Crippen molar-refractivity contribution < 1.29 is 14.3 Å². The second-order valence-electron chi connectivity index (χ2n) is 6.10. The Hall–Kier alpha value is -3.68. The number of nitrogens with one attached hydrogen (secondary N) is 1. The van der Waals surface area contributed by atoms with Gasteiger partial charge in [0.1, 0.15) is 0 Å². The van der Waals surface area contributed by atoms with Gasteiger partial charge in [0.05, 0.1) is 32.1 Å². The smallest absolute Gasteiger partial charge is 0.411 e. The van der Waals surface area contributed by atoms with Gasteiger partial charge in [0.2, 0.25) is 0 Å². The first-order chi connectivity index (χ1) is 13.2. The first-order valence-corrected chi connectivity index (χ1v) is 8.38. The van der Waals surface area contributed by atoms with Crippen molar-refractivity contribution in [2.45, 2.75) is 13.1 Å². The third kappa shape index (κ3) is 3.24. The maximum absolute atomic E-state index is 13.2. The molecule has 8 heteroatoms. The van der Waals surface area contributed by atoms with Crippen LogP contribution in [0.25, 0.3) is 0 Å². The Labute approximate surface area is 155 Å². The van der Waals surface area contributed by atoms with Crippen LogP contribution in [0.3, 0.4) is 0 Å². The highest BCUT2D eigenvalue weighted by Crippen LogP contribution is 2.28. The quantitative estimate of drug-likeness (QED) is 0.756. The minimum Gasteiger partial charge on any atom is -0.453 e. The first kappa shape index (κ1) is 16.8. The minimum atomic E-state index is -0.559. The molecule has 0 radical (unpaired) electrons. The number of para-hydroxylation sites is 1. The molecule has 0 atom stereocenters. The van der Waals surface area contributed by atoms with E-state index in [4.69, 9.17) is 0 Å². The topological polar surface area (TPSA) is 89.3 Å². The molecule has 2 aromatic carbocycles. The molecule has 0 saturated carbocycles. The molecule has 136 valence electrons. The predicted molar refractivity (Wildman–Crippen MR) is 98.5 cm³/mol. The largest absolute Gasteiger partial charge is 0.453 e. The molecule has 2 amide bonds. The molecule has 1 aliphatic heterocycles. The van der Waals surface area contributed by atoms with Crippen molar-refractivity contribution in [3.8, 4) is 0 Å². The van der Waals surface area contributed by atoms with Crippen molar-refractivity contribution in [1.29, 1.82) is 0 Å². The number of hydrogen-bond donors (Lipinski definition) is 1. The molecule has 0 fully saturated rings. The van der Waals surface area contributed by atoms with Gasteiger partial charge >= 0.3 is 6.09 Å². The molecule has 2 heterocycles. The van der Waals surface area contributed by atoms with Crippen LogP contribution in [0.5, 0.6) is 0 Å². The average molecular weight is 363 g/mol. The van der Waals surface area contributed by atoms with E-state index in [0.717, 1.165) is 16.9 Å². The van der Waals surface area contributed by atoms with E-state index in [1.54, 1.807) is 40.0 Å². The summed E-state index contributed by atoms with van der Waals surface area (Å²) in [7, 11) is 1.30. The van der Waals surface area contributed by atoms with Gasteiger partial charge < -0.3 is 9.64 Å². The van der Waals surface area contributed by atoms with Crippen LogP contribution >= 0.6 is 0 Å². The maximum Gasteiger partial charge on any atom is 0.411 e. The molecule has 0 unspecified atom stereocenters. The summed E-state index contributed by atoms with van der Waals surface area (Å²) in [5.41, 5.74) is 3.78. The number of rotatable bonds is 2. The summed E-state index contributed by atoms with van der Waals surface area (Å²) in [6.45, 7) is 0.947. The van der Waals surface area contributed by atoms with Crippen LogP contribution < -0.4 is 10.2 Å². The fourth-order valence-corrected chi connectivity index (χ4v) is 3.05. The molecular formula is C19H17N5O3. The Morgan fingerprint density at radius 2 is 1.85 bits per heavy atom. The number of aromatic nitrogens is 3. The van der Waals surface area contributed by atoms with E-state index in [0.29, 0.717) is 24.3 Å². The van der Waals surface area contributed by atoms with Gasteiger partial charge in [-0.05, 0) is 35.9 Å². The molecule has 4 rings (SSSR count). The van der Waals surface area contributed by atoms with E-state index >= 15 is 0 Å². The SMILES string of the molecule is COC(=O)Nc1ccc(C(=O)N2Cc3cnnn3Cc3ccccc32)cc1. The first-order valence-electron chi connectivity index (χ1n) is 8.38. The predicted octanol–water partition coefficient (Wildman–Crippen LogP) is 2.67. The molecule has 0 bridgehead atoms. The molecule has 3 aromatic rings. The Morgan fingerprint density at radius 3 is 2.63 bits per heavy atom. The Bertz CT molecular complexity index is 997. The van der Waals surface area contributed by atoms with Gasteiger partial charge in [-0.15, -0.1) is 5.10 Å². The van der Waals surface area contributed by atoms with Crippen molar-refractivity contribution in [3.05, 3.63) is 71.5 Å². The van der Waals surface area contributed by atoms with Gasteiger partial charge in [-0.2, -0.15) is 0 Å². The van der Waals surface area contributed by atoms with E-state index in [2.05, 4.69) is 20.4 Å². The summed E-state index contributed by atoms with van der Waals surface area (Å²) in [6, 6.07) is 14.5. The molecule has 0 saturated heterocycles. The molecule has 0 spiro atoms. The van der Waals surface area contributed by atoms with Crippen molar-refractivity contribution in [1.82, 2.24) is 15.0 Å². The van der Waals surface area contributed by atoms with E-state index in [-0.39, 0.29) is 5.91 Å². The number of benzene rings is 2. The molecular weight excluding hydrogens is 346 g/mol. The third-order valence-corrected chi connectivity index (χ3v) is 4.43. The van der Waals surface area contributed by atoms with Crippen molar-refractivity contribution in [2.24, 2.45) is 0 Å². The number of anilines is 2. The van der Waals surface area contributed by atoms with Crippen LogP contribution in [-0.4, -0.2) is 34.1 Å². The summed E-state index contributed by atoms with van der Waals surface area (Å²) < 4.78 is 6.37. The number of nitrogens with zero attached hydrogens (tertiary/aromatic N) is 4. The van der Waals surface area contributed by atoms with Gasteiger partial charge in [-0.3, -0.25) is 10.1 Å². The zero-order chi connectivity index (χ0) is 18.8. The van der Waals surface area contributed by atoms with Crippen LogP contribution in [-0.2, 0) is 17.8 Å². The molecule has 0 aliphatic carbocycles. The number of hydrogen-bond acceptors (Lipinski definition) is 5. The summed E-state index contributed by atoms with van der Waals surface area (Å²) in [4.78, 5) is 26.2. The van der Waals surface area contributed by atoms with Crippen LogP contribution in [0, 0.1) is 0 Å². The second kappa shape index (κ2) is 6.91. The maximum atomic E-state index is 13.2. The zero-order valence-electron chi connectivity index (χ0n) is 14.6. The molecule has 1 N–H and O–H groups in total. The van der Waals surface area contributed by atoms with Gasteiger partial charge in [0, 0.05) is 16.9 Å². The third-order valence-electron chi connectivity index (χ3n) is 4.43. The lowest BCUT2D eigenvalue weighted by Gasteiger charge is -2.22. The monoisotopic (exact) mass is 363 g/mol. The number of carbonyl (C=O) groups is 2. The van der Waals surface area contributed by atoms with Crippen molar-refractivity contribution in [2.75, 3.05) is 17.3 Å². The van der Waals surface area contributed by atoms with Gasteiger partial charge in [0.25, 0.3) is 5.91 Å². The highest BCUT2D eigenvalue weighted by Gasteiger charge is 2.25. The van der Waals surface area contributed by atoms with Crippen LogP contribution in [0.2, 0.25) is 0 Å². The lowest BCUT2D eigenvalue weighted by molar-refractivity contribution is 0.0985. The molecule has 27 heavy (non-hydrogen) atoms. The van der Waals surface area contributed by atoms with E-state index < -0.39 is 6.09 Å². The summed E-state index contributed by atoms with van der Waals surface area (Å²) in [5.74, 6) is -0.137. The number of amides is 2. The van der Waals surface area contributed by atoms with Gasteiger partial charge in [-0.1, -0.05) is 23.4 Å². The van der Waals surface area contributed by atoms with Crippen LogP contribution in [0.15, 0.2) is 54.7 Å². The Balaban J connectivity index is 1.65. The van der Waals surface area contributed by atoms with E-state index in [1.165, 1.54) is 7.11 Å². The van der Waals surface area contributed by atoms with E-state index in [9.17, 15) is 9.59 Å². The fourth-order valence-electron chi connectivity index (χ4n) is 3.05. The van der Waals surface area contributed by atoms with Gasteiger partial charge in [0.15, 0.2) is 0 Å². The number of ether oxygens (including phenoxy) is 1. The lowest BCUT2D eigenvalue weighted by atomic mass is 10.1. The Kier molecular flexibility index (Phi) is 4.29. The van der Waals surface area contributed by atoms with Crippen LogP contribution in [0.1, 0.15) is 21.6 Å². The second-order valence-corrected chi connectivity index (χ2v) is 6.10. The highest BCUT2D eigenvalue weighted by molar-refractivity contribution is 6.06. The molecule has 1 aliphatic rings. The zero-order valence-corrected chi connectivity index (χ0v) is 14.6. The molecule has 1 aromatic heterocycles. The Morgan fingerprint density at radius 1 is 1.07 bits per heavy atom. The van der Waals surface area contributed by atoms with Crippen molar-refractivity contribution >= 4 is 23.4 Å². The van der Waals surface area contributed by atoms with Crippen molar-refractivity contribution in [3.63, 3.8) is 0 Å². The summed E-state index contributed by atoms with van der Waals surface area (Å²) in [6.07, 6.45) is 1.12. The standard InChI is InChI=1S/C19H17N5O3/c1-27-19(26)21-15-8-6-13(7-9-15)18(25)23-12-16-10-20-22-24(16)11-14-4-2-3-5-17(14)23/h2-10H,11-12H2,1H3,(H,21,26). The number of carbonyl (C=O) groups excluding carboxylic acids is 2. The molecule has 8 nitrogen and oxygen atoms in total. The number of methoxy groups -OCH3 is 1. The minimum absolute atomic E-state index is 0.137. The normalized spacial score (nSPS) is 12.6. The summed E-state index contributed by atoms with van der Waals surface area (Å²) in [5, 5.41) is 10.6. The lowest BCUT2D eigenvalue weighted by Crippen LogP contribution is -2.30. The fraction of sp³-hybridized carbons (Fsp3) is 0.158.